The minimum Gasteiger partial charge on any atom is -0.744 e. The number of anilines is 1. The minimum absolute atomic E-state index is 0. The zero-order chi connectivity index (χ0) is 9.35. The zero-order valence-corrected chi connectivity index (χ0v) is 8.39. The zero-order valence-electron chi connectivity index (χ0n) is 6.82. The van der Waals surface area contributed by atoms with Crippen LogP contribution in [-0.4, -0.2) is 13.0 Å². The van der Waals surface area contributed by atoms with Crippen molar-refractivity contribution in [3.8, 4) is 0 Å². The fourth-order valence-corrected chi connectivity index (χ4v) is 1.59. The molecule has 0 saturated carbocycles. The first kappa shape index (κ1) is 12.8. The van der Waals surface area contributed by atoms with Gasteiger partial charge in [-0.15, -0.1) is 0 Å². The second-order valence-corrected chi connectivity index (χ2v) is 3.99. The topological polar surface area (TPSA) is 83.2 Å². The van der Waals surface area contributed by atoms with E-state index in [9.17, 15) is 13.0 Å². The Labute approximate surface area is 93.0 Å². The van der Waals surface area contributed by atoms with Gasteiger partial charge in [0, 0.05) is 10.7 Å². The molecule has 1 aromatic carbocycles. The van der Waals surface area contributed by atoms with Crippen LogP contribution in [0.15, 0.2) is 23.1 Å². The SMILES string of the molecule is Nc1cc(Cl)cc(S(=O)(=O)[O-])c1.[Li+]. The van der Waals surface area contributed by atoms with Crippen LogP contribution in [0.5, 0.6) is 0 Å². The van der Waals surface area contributed by atoms with Gasteiger partial charge in [-0.1, -0.05) is 11.6 Å². The van der Waals surface area contributed by atoms with Crippen LogP contribution in [0, 0.1) is 0 Å². The molecule has 0 aliphatic carbocycles. The Bertz CT molecular complexity index is 386. The van der Waals surface area contributed by atoms with Crippen molar-refractivity contribution in [2.24, 2.45) is 0 Å². The number of rotatable bonds is 1. The molecule has 0 aliphatic rings. The van der Waals surface area contributed by atoms with E-state index in [0.29, 0.717) is 0 Å². The maximum atomic E-state index is 10.5. The van der Waals surface area contributed by atoms with Crippen molar-refractivity contribution in [3.05, 3.63) is 23.2 Å². The Morgan fingerprint density at radius 3 is 2.23 bits per heavy atom. The molecule has 0 amide bonds. The van der Waals surface area contributed by atoms with Crippen molar-refractivity contribution in [1.29, 1.82) is 0 Å². The summed E-state index contributed by atoms with van der Waals surface area (Å²) in [5.74, 6) is 0. The third-order valence-electron chi connectivity index (χ3n) is 1.18. The van der Waals surface area contributed by atoms with Crippen LogP contribution in [0.3, 0.4) is 0 Å². The van der Waals surface area contributed by atoms with Gasteiger partial charge < -0.3 is 10.3 Å². The molecule has 0 spiro atoms. The molecule has 0 radical (unpaired) electrons. The summed E-state index contributed by atoms with van der Waals surface area (Å²) in [5.41, 5.74) is 5.42. The Balaban J connectivity index is 0.00000144. The number of nitrogens with two attached hydrogens (primary N) is 1. The molecule has 13 heavy (non-hydrogen) atoms. The van der Waals surface area contributed by atoms with Crippen LogP contribution >= 0.6 is 11.6 Å². The summed E-state index contributed by atoms with van der Waals surface area (Å²) in [4.78, 5) is -0.410. The molecule has 2 N–H and O–H groups in total. The standard InChI is InChI=1S/C6H6ClNO3S.Li/c7-4-1-5(8)3-6(2-4)12(9,10)11;/h1-3H,8H2,(H,9,10,11);/q;+1/p-1. The van der Waals surface area contributed by atoms with E-state index in [1.54, 1.807) is 0 Å². The smallest absolute Gasteiger partial charge is 0.744 e. The molecule has 0 saturated heterocycles. The molecular weight excluding hydrogens is 209 g/mol. The number of hydrogen-bond donors (Lipinski definition) is 1. The summed E-state index contributed by atoms with van der Waals surface area (Å²) < 4.78 is 31.4. The van der Waals surface area contributed by atoms with Crippen LogP contribution in [0.1, 0.15) is 0 Å². The van der Waals surface area contributed by atoms with Crippen LogP contribution in [0.4, 0.5) is 5.69 Å². The van der Waals surface area contributed by atoms with Crippen molar-refractivity contribution < 1.29 is 31.8 Å². The van der Waals surface area contributed by atoms with E-state index in [-0.39, 0.29) is 29.6 Å². The summed E-state index contributed by atoms with van der Waals surface area (Å²) in [6, 6.07) is 3.48. The normalized spacial score (nSPS) is 10.6. The Hall–Kier alpha value is -0.183. The van der Waals surface area contributed by atoms with Crippen LogP contribution < -0.4 is 24.6 Å². The minimum atomic E-state index is -4.46. The van der Waals surface area contributed by atoms with Gasteiger partial charge in [0.2, 0.25) is 0 Å². The molecule has 66 valence electrons. The van der Waals surface area contributed by atoms with Gasteiger partial charge in [0.25, 0.3) is 0 Å². The average molecular weight is 214 g/mol. The summed E-state index contributed by atoms with van der Waals surface area (Å²) >= 11 is 5.47. The van der Waals surface area contributed by atoms with Crippen LogP contribution in [0.2, 0.25) is 5.02 Å². The van der Waals surface area contributed by atoms with Crippen LogP contribution in [-0.2, 0) is 10.1 Å². The van der Waals surface area contributed by atoms with E-state index in [0.717, 1.165) is 12.1 Å². The fourth-order valence-electron chi connectivity index (χ4n) is 0.729. The quantitative estimate of drug-likeness (QED) is 0.327. The van der Waals surface area contributed by atoms with E-state index in [2.05, 4.69) is 0 Å². The largest absolute Gasteiger partial charge is 1.00 e. The maximum absolute atomic E-state index is 10.5. The molecule has 0 unspecified atom stereocenters. The number of hydrogen-bond acceptors (Lipinski definition) is 4. The van der Waals surface area contributed by atoms with Crippen molar-refractivity contribution >= 4 is 27.4 Å². The third-order valence-corrected chi connectivity index (χ3v) is 2.21. The summed E-state index contributed by atoms with van der Waals surface area (Å²) in [7, 11) is -4.46. The summed E-state index contributed by atoms with van der Waals surface area (Å²) in [5, 5.41) is 0.129. The van der Waals surface area contributed by atoms with Gasteiger partial charge in [0.1, 0.15) is 10.1 Å². The first-order valence-corrected chi connectivity index (χ1v) is 4.70. The summed E-state index contributed by atoms with van der Waals surface area (Å²) in [6.45, 7) is 0. The van der Waals surface area contributed by atoms with Crippen LogP contribution in [0.25, 0.3) is 0 Å². The molecule has 0 aliphatic heterocycles. The monoisotopic (exact) mass is 213 g/mol. The molecule has 0 bridgehead atoms. The maximum Gasteiger partial charge on any atom is 1.00 e. The third kappa shape index (κ3) is 3.59. The van der Waals surface area contributed by atoms with Gasteiger partial charge in [-0.3, -0.25) is 0 Å². The Morgan fingerprint density at radius 1 is 1.31 bits per heavy atom. The molecule has 7 heteroatoms. The van der Waals surface area contributed by atoms with Gasteiger partial charge in [-0.05, 0) is 18.2 Å². The van der Waals surface area contributed by atoms with E-state index in [1.807, 2.05) is 0 Å². The Kier molecular flexibility index (Phi) is 4.29. The van der Waals surface area contributed by atoms with E-state index >= 15 is 0 Å². The Morgan fingerprint density at radius 2 is 1.85 bits per heavy atom. The van der Waals surface area contributed by atoms with Gasteiger partial charge in [0.05, 0.1) is 4.90 Å². The van der Waals surface area contributed by atoms with Gasteiger partial charge in [0.15, 0.2) is 0 Å². The summed E-state index contributed by atoms with van der Waals surface area (Å²) in [6.07, 6.45) is 0. The predicted molar refractivity (Wildman–Crippen MR) is 43.8 cm³/mol. The number of halogens is 1. The van der Waals surface area contributed by atoms with E-state index in [1.165, 1.54) is 6.07 Å². The number of nitrogen functional groups attached to an aromatic ring is 1. The molecular formula is C6H5ClLiNO3S. The predicted octanol–water partition coefficient (Wildman–Crippen LogP) is -2.17. The van der Waals surface area contributed by atoms with E-state index in [4.69, 9.17) is 17.3 Å². The van der Waals surface area contributed by atoms with Crippen molar-refractivity contribution in [3.63, 3.8) is 0 Å². The molecule has 0 aromatic heterocycles. The average Bonchev–Trinajstić information content (AvgIpc) is 1.82. The van der Waals surface area contributed by atoms with Gasteiger partial charge in [-0.25, -0.2) is 8.42 Å². The number of benzene rings is 1. The molecule has 0 atom stereocenters. The molecule has 0 heterocycles. The van der Waals surface area contributed by atoms with Gasteiger partial charge in [-0.2, -0.15) is 0 Å². The molecule has 0 fully saturated rings. The molecule has 1 aromatic rings. The van der Waals surface area contributed by atoms with Crippen molar-refractivity contribution in [2.75, 3.05) is 5.73 Å². The van der Waals surface area contributed by atoms with E-state index < -0.39 is 15.0 Å². The fraction of sp³-hybridized carbons (Fsp3) is 0. The van der Waals surface area contributed by atoms with Crippen molar-refractivity contribution in [2.45, 2.75) is 4.90 Å². The first-order chi connectivity index (χ1) is 5.39. The molecule has 4 nitrogen and oxygen atoms in total. The second-order valence-electron chi connectivity index (χ2n) is 2.17. The first-order valence-electron chi connectivity index (χ1n) is 2.91. The van der Waals surface area contributed by atoms with Crippen molar-refractivity contribution in [1.82, 2.24) is 0 Å². The second kappa shape index (κ2) is 4.36. The van der Waals surface area contributed by atoms with Gasteiger partial charge >= 0.3 is 18.9 Å². The molecule has 1 rings (SSSR count).